The molecule has 0 saturated carbocycles. The van der Waals surface area contributed by atoms with Crippen LogP contribution in [0.25, 0.3) is 10.9 Å². The SMILES string of the molecule is C=CC1C[N+]2(Cc3ccccc3)CCC1C[C@H]2[C@H](O)c1ccnc2ccccc12. The van der Waals surface area contributed by atoms with Gasteiger partial charge in [-0.25, -0.2) is 0 Å². The summed E-state index contributed by atoms with van der Waals surface area (Å²) in [5.41, 5.74) is 3.33. The van der Waals surface area contributed by atoms with E-state index in [-0.39, 0.29) is 6.04 Å². The molecule has 5 atom stereocenters. The molecule has 1 aromatic heterocycles. The number of piperidine rings is 3. The van der Waals surface area contributed by atoms with Crippen molar-refractivity contribution in [3.63, 3.8) is 0 Å². The van der Waals surface area contributed by atoms with E-state index in [9.17, 15) is 5.11 Å². The Hall–Kier alpha value is -2.49. The Labute approximate surface area is 172 Å². The lowest BCUT2D eigenvalue weighted by Gasteiger charge is -2.58. The molecule has 6 rings (SSSR count). The number of hydrogen-bond acceptors (Lipinski definition) is 2. The smallest absolute Gasteiger partial charge is 0.131 e. The van der Waals surface area contributed by atoms with Crippen LogP contribution in [0.4, 0.5) is 0 Å². The number of benzene rings is 2. The fourth-order valence-corrected chi connectivity index (χ4v) is 5.91. The van der Waals surface area contributed by atoms with Crippen molar-refractivity contribution in [3.8, 4) is 0 Å². The summed E-state index contributed by atoms with van der Waals surface area (Å²) in [6.07, 6.45) is 5.79. The maximum atomic E-state index is 11.7. The first-order chi connectivity index (χ1) is 14.2. The first-order valence-corrected chi connectivity index (χ1v) is 10.7. The average molecular weight is 386 g/mol. The number of hydrogen-bond donors (Lipinski definition) is 1. The van der Waals surface area contributed by atoms with Gasteiger partial charge in [-0.2, -0.15) is 0 Å². The lowest BCUT2D eigenvalue weighted by molar-refractivity contribution is -0.984. The number of fused-ring (bicyclic) bond motifs is 4. The molecule has 3 aromatic rings. The Morgan fingerprint density at radius 1 is 1.10 bits per heavy atom. The summed E-state index contributed by atoms with van der Waals surface area (Å²) in [5.74, 6) is 1.18. The summed E-state index contributed by atoms with van der Waals surface area (Å²) >= 11 is 0. The number of quaternary nitrogens is 1. The zero-order chi connectivity index (χ0) is 19.8. The van der Waals surface area contributed by atoms with E-state index in [1.165, 1.54) is 12.0 Å². The molecule has 0 amide bonds. The van der Waals surface area contributed by atoms with Crippen molar-refractivity contribution >= 4 is 10.9 Å². The van der Waals surface area contributed by atoms with E-state index in [0.29, 0.717) is 11.8 Å². The van der Waals surface area contributed by atoms with Gasteiger partial charge in [0, 0.05) is 35.9 Å². The molecule has 3 heteroatoms. The normalized spacial score (nSPS) is 29.6. The summed E-state index contributed by atoms with van der Waals surface area (Å²) in [5, 5.41) is 12.8. The van der Waals surface area contributed by atoms with Crippen molar-refractivity contribution in [3.05, 3.63) is 90.6 Å². The zero-order valence-corrected chi connectivity index (χ0v) is 16.8. The fraction of sp³-hybridized carbons (Fsp3) is 0.346. The maximum absolute atomic E-state index is 11.7. The topological polar surface area (TPSA) is 33.1 Å². The number of nitrogens with zero attached hydrogens (tertiary/aromatic N) is 2. The molecule has 1 N–H and O–H groups in total. The largest absolute Gasteiger partial charge is 0.382 e. The second-order valence-electron chi connectivity index (χ2n) is 8.88. The van der Waals surface area contributed by atoms with E-state index in [1.807, 2.05) is 30.5 Å². The second-order valence-corrected chi connectivity index (χ2v) is 8.88. The average Bonchev–Trinajstić information content (AvgIpc) is 2.78. The van der Waals surface area contributed by atoms with Crippen LogP contribution < -0.4 is 0 Å². The molecule has 3 saturated heterocycles. The van der Waals surface area contributed by atoms with Crippen molar-refractivity contribution in [1.82, 2.24) is 4.98 Å². The summed E-state index contributed by atoms with van der Waals surface area (Å²) in [4.78, 5) is 4.50. The van der Waals surface area contributed by atoms with Crippen molar-refractivity contribution < 1.29 is 9.59 Å². The van der Waals surface area contributed by atoms with Gasteiger partial charge in [0.2, 0.25) is 0 Å². The van der Waals surface area contributed by atoms with Crippen molar-refractivity contribution in [2.45, 2.75) is 31.5 Å². The van der Waals surface area contributed by atoms with Crippen molar-refractivity contribution in [1.29, 1.82) is 0 Å². The molecule has 2 aromatic carbocycles. The Kier molecular flexibility index (Phi) is 4.73. The molecular formula is C26H29N2O+. The number of aliphatic hydroxyl groups excluding tert-OH is 1. The quantitative estimate of drug-likeness (QED) is 0.502. The molecule has 29 heavy (non-hydrogen) atoms. The second kappa shape index (κ2) is 7.40. The number of para-hydroxylation sites is 1. The molecule has 148 valence electrons. The van der Waals surface area contributed by atoms with Crippen LogP contribution in [0.5, 0.6) is 0 Å². The molecule has 3 aliphatic rings. The highest BCUT2D eigenvalue weighted by Crippen LogP contribution is 2.47. The van der Waals surface area contributed by atoms with Crippen molar-refractivity contribution in [2.24, 2.45) is 11.8 Å². The van der Waals surface area contributed by atoms with E-state index in [4.69, 9.17) is 0 Å². The molecule has 3 nitrogen and oxygen atoms in total. The van der Waals surface area contributed by atoms with Crippen LogP contribution in [-0.4, -0.2) is 33.7 Å². The summed E-state index contributed by atoms with van der Waals surface area (Å²) in [6, 6.07) is 21.2. The number of aromatic nitrogens is 1. The van der Waals surface area contributed by atoms with Gasteiger partial charge in [-0.1, -0.05) is 54.6 Å². The Balaban J connectivity index is 1.56. The fourth-order valence-electron chi connectivity index (χ4n) is 5.91. The third-order valence-electron chi connectivity index (χ3n) is 7.38. The van der Waals surface area contributed by atoms with Crippen LogP contribution in [0.3, 0.4) is 0 Å². The minimum Gasteiger partial charge on any atom is -0.382 e. The molecule has 4 heterocycles. The van der Waals surface area contributed by atoms with Gasteiger partial charge in [-0.15, -0.1) is 6.58 Å². The van der Waals surface area contributed by atoms with E-state index in [0.717, 1.165) is 47.0 Å². The zero-order valence-electron chi connectivity index (χ0n) is 16.8. The van der Waals surface area contributed by atoms with E-state index in [1.54, 1.807) is 0 Å². The van der Waals surface area contributed by atoms with Crippen LogP contribution in [0, 0.1) is 11.8 Å². The number of rotatable bonds is 5. The lowest BCUT2D eigenvalue weighted by atomic mass is 9.71. The van der Waals surface area contributed by atoms with Crippen LogP contribution in [0.15, 0.2) is 79.5 Å². The van der Waals surface area contributed by atoms with E-state index < -0.39 is 6.10 Å². The number of aliphatic hydroxyl groups is 1. The van der Waals surface area contributed by atoms with E-state index >= 15 is 0 Å². The highest BCUT2D eigenvalue weighted by atomic mass is 16.3. The van der Waals surface area contributed by atoms with Gasteiger partial charge in [0.25, 0.3) is 0 Å². The predicted octanol–water partition coefficient (Wildman–Crippen LogP) is 4.88. The molecule has 0 radical (unpaired) electrons. The Morgan fingerprint density at radius 2 is 1.90 bits per heavy atom. The molecule has 2 bridgehead atoms. The summed E-state index contributed by atoms with van der Waals surface area (Å²) in [7, 11) is 0. The molecule has 3 aliphatic heterocycles. The summed E-state index contributed by atoms with van der Waals surface area (Å²) in [6.45, 7) is 7.32. The molecule has 0 aliphatic carbocycles. The third kappa shape index (κ3) is 3.19. The number of pyridine rings is 1. The first kappa shape index (κ1) is 18.5. The maximum Gasteiger partial charge on any atom is 0.131 e. The first-order valence-electron chi connectivity index (χ1n) is 10.7. The van der Waals surface area contributed by atoms with Gasteiger partial charge in [-0.3, -0.25) is 4.98 Å². The molecule has 3 unspecified atom stereocenters. The van der Waals surface area contributed by atoms with Crippen LogP contribution in [-0.2, 0) is 6.54 Å². The Morgan fingerprint density at radius 3 is 2.72 bits per heavy atom. The predicted molar refractivity (Wildman–Crippen MR) is 117 cm³/mol. The molecule has 3 fully saturated rings. The standard InChI is InChI=1S/C26H29N2O/c1-2-20-18-28(17-19-8-4-3-5-9-19)15-13-21(20)16-25(28)26(29)23-12-14-27-24-11-7-6-10-22(23)24/h2-12,14,20-21,25-26,29H,1,13,15-18H2/q+1/t20?,21?,25-,26+,28?/m0/s1. The van der Waals surface area contributed by atoms with Crippen LogP contribution >= 0.6 is 0 Å². The molecular weight excluding hydrogens is 356 g/mol. The summed E-state index contributed by atoms with van der Waals surface area (Å²) < 4.78 is 0.953. The van der Waals surface area contributed by atoms with Gasteiger partial charge in [0.15, 0.2) is 0 Å². The van der Waals surface area contributed by atoms with Gasteiger partial charge in [0.05, 0.1) is 18.6 Å². The van der Waals surface area contributed by atoms with Crippen LogP contribution in [0.2, 0.25) is 0 Å². The third-order valence-corrected chi connectivity index (χ3v) is 7.38. The van der Waals surface area contributed by atoms with Crippen molar-refractivity contribution in [2.75, 3.05) is 13.1 Å². The van der Waals surface area contributed by atoms with Gasteiger partial charge in [0.1, 0.15) is 18.7 Å². The van der Waals surface area contributed by atoms with Gasteiger partial charge in [-0.05, 0) is 23.6 Å². The van der Waals surface area contributed by atoms with Gasteiger partial charge >= 0.3 is 0 Å². The highest BCUT2D eigenvalue weighted by molar-refractivity contribution is 5.82. The lowest BCUT2D eigenvalue weighted by Crippen LogP contribution is -2.67. The van der Waals surface area contributed by atoms with Gasteiger partial charge < -0.3 is 9.59 Å². The van der Waals surface area contributed by atoms with Crippen LogP contribution in [0.1, 0.15) is 30.1 Å². The minimum atomic E-state index is -0.486. The Bertz CT molecular complexity index is 1010. The molecule has 0 spiro atoms. The monoisotopic (exact) mass is 385 g/mol. The highest BCUT2D eigenvalue weighted by Gasteiger charge is 2.53. The van der Waals surface area contributed by atoms with E-state index in [2.05, 4.69) is 54.0 Å². The minimum absolute atomic E-state index is 0.205.